The molecular formula is C12H15N3O2S. The highest BCUT2D eigenvalue weighted by Gasteiger charge is 2.10. The van der Waals surface area contributed by atoms with Gasteiger partial charge in [0.2, 0.25) is 0 Å². The third kappa shape index (κ3) is 2.70. The van der Waals surface area contributed by atoms with E-state index >= 15 is 0 Å². The predicted octanol–water partition coefficient (Wildman–Crippen LogP) is 0.858. The first-order valence-corrected chi connectivity index (χ1v) is 7.26. The molecule has 2 rings (SSSR count). The second-order valence-electron chi connectivity index (χ2n) is 4.03. The molecule has 0 saturated heterocycles. The summed E-state index contributed by atoms with van der Waals surface area (Å²) in [5, 5.41) is 3.61. The Morgan fingerprint density at radius 2 is 2.28 bits per heavy atom. The number of nitrogens with two attached hydrogens (primary N) is 1. The molecular weight excluding hydrogens is 250 g/mol. The number of hydrogen-bond donors (Lipinski definition) is 3. The number of anilines is 1. The van der Waals surface area contributed by atoms with Crippen LogP contribution in [0, 0.1) is 0 Å². The van der Waals surface area contributed by atoms with Crippen LogP contribution < -0.4 is 11.1 Å². The summed E-state index contributed by atoms with van der Waals surface area (Å²) in [4.78, 5) is 14.8. The lowest BCUT2D eigenvalue weighted by Gasteiger charge is -2.01. The molecule has 4 N–H and O–H groups in total. The molecule has 1 aromatic carbocycles. The maximum absolute atomic E-state index is 11.8. The average molecular weight is 265 g/mol. The summed E-state index contributed by atoms with van der Waals surface area (Å²) in [5.41, 5.74) is 7.65. The molecule has 1 atom stereocenters. The molecule has 0 spiro atoms. The minimum absolute atomic E-state index is 0.212. The zero-order valence-corrected chi connectivity index (χ0v) is 10.8. The van der Waals surface area contributed by atoms with E-state index in [-0.39, 0.29) is 5.91 Å². The Hall–Kier alpha value is -1.82. The van der Waals surface area contributed by atoms with E-state index in [4.69, 9.17) is 5.73 Å². The first-order chi connectivity index (χ1) is 8.58. The first-order valence-electron chi connectivity index (χ1n) is 5.53. The summed E-state index contributed by atoms with van der Waals surface area (Å²) in [6.07, 6.45) is 1.61. The molecule has 0 bridgehead atoms. The molecule has 2 aromatic rings. The average Bonchev–Trinajstić information content (AvgIpc) is 2.74. The van der Waals surface area contributed by atoms with Crippen LogP contribution in [0.3, 0.4) is 0 Å². The predicted molar refractivity (Wildman–Crippen MR) is 74.0 cm³/mol. The van der Waals surface area contributed by atoms with Crippen molar-refractivity contribution in [1.29, 1.82) is 0 Å². The number of benzene rings is 1. The molecule has 1 aromatic heterocycles. The van der Waals surface area contributed by atoms with Crippen LogP contribution in [0.25, 0.3) is 10.9 Å². The molecule has 0 aliphatic heterocycles. The third-order valence-corrected chi connectivity index (χ3v) is 3.39. The van der Waals surface area contributed by atoms with Gasteiger partial charge in [-0.1, -0.05) is 12.1 Å². The van der Waals surface area contributed by atoms with Gasteiger partial charge in [0, 0.05) is 34.7 Å². The first kappa shape index (κ1) is 12.6. The van der Waals surface area contributed by atoms with Crippen molar-refractivity contribution in [3.8, 4) is 0 Å². The van der Waals surface area contributed by atoms with Crippen molar-refractivity contribution >= 4 is 33.3 Å². The van der Waals surface area contributed by atoms with E-state index in [1.165, 1.54) is 0 Å². The number of fused-ring (bicyclic) bond motifs is 1. The number of carbonyl (C=O) groups is 1. The van der Waals surface area contributed by atoms with Gasteiger partial charge < -0.3 is 16.0 Å². The number of aromatic nitrogens is 1. The minimum atomic E-state index is -0.902. The van der Waals surface area contributed by atoms with Crippen LogP contribution in [0.2, 0.25) is 0 Å². The van der Waals surface area contributed by atoms with E-state index in [2.05, 4.69) is 10.3 Å². The summed E-state index contributed by atoms with van der Waals surface area (Å²) in [5.74, 6) is 0.240. The lowest BCUT2D eigenvalue weighted by atomic mass is 10.2. The van der Waals surface area contributed by atoms with Gasteiger partial charge in [0.15, 0.2) is 0 Å². The fourth-order valence-electron chi connectivity index (χ4n) is 1.71. The monoisotopic (exact) mass is 265 g/mol. The smallest absolute Gasteiger partial charge is 0.267 e. The van der Waals surface area contributed by atoms with Crippen molar-refractivity contribution in [2.24, 2.45) is 0 Å². The summed E-state index contributed by atoms with van der Waals surface area (Å²) in [6.45, 7) is 0.396. The van der Waals surface area contributed by atoms with Crippen LogP contribution >= 0.6 is 0 Å². The molecule has 1 heterocycles. The highest BCUT2D eigenvalue weighted by atomic mass is 32.2. The number of H-pyrrole nitrogens is 1. The van der Waals surface area contributed by atoms with E-state index in [1.807, 2.05) is 12.1 Å². The van der Waals surface area contributed by atoms with Crippen LogP contribution in [0.15, 0.2) is 24.3 Å². The number of aromatic amines is 1. The fraction of sp³-hybridized carbons (Fsp3) is 0.250. The number of carbonyl (C=O) groups excluding carboxylic acids is 1. The molecule has 0 aliphatic carbocycles. The maximum Gasteiger partial charge on any atom is 0.267 e. The summed E-state index contributed by atoms with van der Waals surface area (Å²) in [6, 6.07) is 7.26. The Labute approximate surface area is 107 Å². The molecule has 0 aliphatic rings. The van der Waals surface area contributed by atoms with Gasteiger partial charge in [-0.05, 0) is 12.1 Å². The van der Waals surface area contributed by atoms with Crippen molar-refractivity contribution < 1.29 is 9.00 Å². The van der Waals surface area contributed by atoms with Gasteiger partial charge in [0.25, 0.3) is 5.91 Å². The van der Waals surface area contributed by atoms with E-state index < -0.39 is 10.8 Å². The zero-order chi connectivity index (χ0) is 13.1. The quantitative estimate of drug-likeness (QED) is 0.716. The van der Waals surface area contributed by atoms with Crippen LogP contribution in [0.1, 0.15) is 10.5 Å². The molecule has 0 saturated carbocycles. The summed E-state index contributed by atoms with van der Waals surface area (Å²) in [7, 11) is -0.902. The van der Waals surface area contributed by atoms with E-state index in [0.717, 1.165) is 10.9 Å². The SMILES string of the molecule is CS(=O)CCNC(=O)c1cc2cccc(N)c2[nH]1. The second kappa shape index (κ2) is 5.22. The van der Waals surface area contributed by atoms with Crippen LogP contribution in [0.4, 0.5) is 5.69 Å². The second-order valence-corrected chi connectivity index (χ2v) is 5.58. The summed E-state index contributed by atoms with van der Waals surface area (Å²) >= 11 is 0. The van der Waals surface area contributed by atoms with Crippen molar-refractivity contribution in [3.63, 3.8) is 0 Å². The van der Waals surface area contributed by atoms with Crippen molar-refractivity contribution in [2.75, 3.05) is 24.3 Å². The number of hydrogen-bond acceptors (Lipinski definition) is 3. The summed E-state index contributed by atoms with van der Waals surface area (Å²) < 4.78 is 10.9. The molecule has 1 amide bonds. The fourth-order valence-corrected chi connectivity index (χ4v) is 2.10. The zero-order valence-electron chi connectivity index (χ0n) is 10.0. The molecule has 96 valence electrons. The van der Waals surface area contributed by atoms with E-state index in [1.54, 1.807) is 18.4 Å². The van der Waals surface area contributed by atoms with Gasteiger partial charge in [-0.25, -0.2) is 0 Å². The Morgan fingerprint density at radius 3 is 2.94 bits per heavy atom. The minimum Gasteiger partial charge on any atom is -0.397 e. The van der Waals surface area contributed by atoms with Gasteiger partial charge >= 0.3 is 0 Å². The van der Waals surface area contributed by atoms with Gasteiger partial charge in [0.1, 0.15) is 5.69 Å². The lowest BCUT2D eigenvalue weighted by molar-refractivity contribution is 0.0952. The number of nitrogen functional groups attached to an aromatic ring is 1. The van der Waals surface area contributed by atoms with Crippen molar-refractivity contribution in [2.45, 2.75) is 0 Å². The Bertz CT molecular complexity index is 606. The molecule has 6 heteroatoms. The molecule has 18 heavy (non-hydrogen) atoms. The largest absolute Gasteiger partial charge is 0.397 e. The van der Waals surface area contributed by atoms with E-state index in [9.17, 15) is 9.00 Å². The number of amides is 1. The standard InChI is InChI=1S/C12H15N3O2S/c1-18(17)6-5-14-12(16)10-7-8-3-2-4-9(13)11(8)15-10/h2-4,7,15H,5-6,13H2,1H3,(H,14,16). The van der Waals surface area contributed by atoms with Crippen LogP contribution in [-0.4, -0.2) is 33.7 Å². The third-order valence-electron chi connectivity index (χ3n) is 2.61. The number of rotatable bonds is 4. The molecule has 0 radical (unpaired) electrons. The van der Waals surface area contributed by atoms with Gasteiger partial charge in [-0.2, -0.15) is 0 Å². The van der Waals surface area contributed by atoms with Crippen LogP contribution in [0.5, 0.6) is 0 Å². The number of para-hydroxylation sites is 1. The Morgan fingerprint density at radius 1 is 1.50 bits per heavy atom. The Balaban J connectivity index is 2.13. The Kier molecular flexibility index (Phi) is 3.66. The van der Waals surface area contributed by atoms with Gasteiger partial charge in [-0.3, -0.25) is 9.00 Å². The maximum atomic E-state index is 11.8. The van der Waals surface area contributed by atoms with Gasteiger partial charge in [-0.15, -0.1) is 0 Å². The molecule has 1 unspecified atom stereocenters. The highest BCUT2D eigenvalue weighted by molar-refractivity contribution is 7.84. The molecule has 0 fully saturated rings. The van der Waals surface area contributed by atoms with Crippen LogP contribution in [-0.2, 0) is 10.8 Å². The number of nitrogens with one attached hydrogen (secondary N) is 2. The van der Waals surface area contributed by atoms with Gasteiger partial charge in [0.05, 0.1) is 11.2 Å². The highest BCUT2D eigenvalue weighted by Crippen LogP contribution is 2.20. The lowest BCUT2D eigenvalue weighted by Crippen LogP contribution is -2.27. The normalized spacial score (nSPS) is 12.5. The van der Waals surface area contributed by atoms with Crippen molar-refractivity contribution in [1.82, 2.24) is 10.3 Å². The topological polar surface area (TPSA) is 88.0 Å². The van der Waals surface area contributed by atoms with Crippen molar-refractivity contribution in [3.05, 3.63) is 30.0 Å². The molecule has 5 nitrogen and oxygen atoms in total. The van der Waals surface area contributed by atoms with E-state index in [0.29, 0.717) is 23.7 Å².